The molecule has 2 rings (SSSR count). The molecule has 1 atom stereocenters. The Morgan fingerprint density at radius 1 is 1.79 bits per heavy atom. The third kappa shape index (κ3) is 1.48. The fourth-order valence-electron chi connectivity index (χ4n) is 1.27. The van der Waals surface area contributed by atoms with Gasteiger partial charge in [0.2, 0.25) is 0 Å². The summed E-state index contributed by atoms with van der Waals surface area (Å²) in [6.07, 6.45) is 1.32. The Hall–Kier alpha value is -1.78. The molecule has 2 heterocycles. The van der Waals surface area contributed by atoms with Crippen molar-refractivity contribution in [1.82, 2.24) is 4.98 Å². The van der Waals surface area contributed by atoms with Gasteiger partial charge >= 0.3 is 5.97 Å². The zero-order chi connectivity index (χ0) is 10.1. The first kappa shape index (κ1) is 8.80. The number of hydrogen-bond donors (Lipinski definition) is 2. The van der Waals surface area contributed by atoms with Crippen molar-refractivity contribution in [2.75, 3.05) is 11.9 Å². The second kappa shape index (κ2) is 3.17. The summed E-state index contributed by atoms with van der Waals surface area (Å²) in [7, 11) is 0. The van der Waals surface area contributed by atoms with Crippen molar-refractivity contribution in [3.63, 3.8) is 0 Å². The van der Waals surface area contributed by atoms with E-state index < -0.39 is 5.97 Å². The maximum atomic E-state index is 10.6. The number of pyridine rings is 1. The monoisotopic (exact) mass is 194 g/mol. The number of aromatic carboxylic acids is 1. The maximum absolute atomic E-state index is 10.6. The average molecular weight is 194 g/mol. The van der Waals surface area contributed by atoms with Crippen molar-refractivity contribution in [2.24, 2.45) is 0 Å². The number of ether oxygens (including phenoxy) is 1. The number of hydrogen-bond acceptors (Lipinski definition) is 4. The van der Waals surface area contributed by atoms with Crippen molar-refractivity contribution in [1.29, 1.82) is 0 Å². The van der Waals surface area contributed by atoms with E-state index >= 15 is 0 Å². The van der Waals surface area contributed by atoms with E-state index in [1.807, 2.05) is 6.92 Å². The number of aromatic nitrogens is 1. The number of carboxylic acid groups (broad SMARTS) is 1. The van der Waals surface area contributed by atoms with Crippen LogP contribution in [0.1, 0.15) is 17.3 Å². The molecule has 0 radical (unpaired) electrons. The fourth-order valence-corrected chi connectivity index (χ4v) is 1.27. The smallest absolute Gasteiger partial charge is 0.337 e. The summed E-state index contributed by atoms with van der Waals surface area (Å²) in [5.41, 5.74) is 0.139. The molecule has 0 saturated carbocycles. The summed E-state index contributed by atoms with van der Waals surface area (Å²) in [6.45, 7) is 2.49. The second-order valence-electron chi connectivity index (χ2n) is 3.23. The molecule has 0 amide bonds. The molecular weight excluding hydrogens is 184 g/mol. The highest BCUT2D eigenvalue weighted by molar-refractivity contribution is 5.88. The van der Waals surface area contributed by atoms with Crippen LogP contribution in [-0.2, 0) is 0 Å². The molecule has 14 heavy (non-hydrogen) atoms. The molecule has 2 N–H and O–H groups in total. The lowest BCUT2D eigenvalue weighted by Gasteiger charge is -2.23. The van der Waals surface area contributed by atoms with Gasteiger partial charge in [-0.25, -0.2) is 9.78 Å². The van der Waals surface area contributed by atoms with E-state index in [9.17, 15) is 4.79 Å². The number of nitrogens with one attached hydrogen (secondary N) is 1. The highest BCUT2D eigenvalue weighted by Gasteiger charge is 2.17. The van der Waals surface area contributed by atoms with Crippen molar-refractivity contribution in [3.05, 3.63) is 17.8 Å². The number of fused-ring (bicyclic) bond motifs is 1. The van der Waals surface area contributed by atoms with Crippen LogP contribution in [0.2, 0.25) is 0 Å². The first-order valence-electron chi connectivity index (χ1n) is 4.29. The molecule has 1 aromatic rings. The summed E-state index contributed by atoms with van der Waals surface area (Å²) in [4.78, 5) is 14.6. The van der Waals surface area contributed by atoms with Crippen LogP contribution in [0.4, 0.5) is 5.82 Å². The van der Waals surface area contributed by atoms with Gasteiger partial charge in [-0.05, 0) is 6.92 Å². The first-order chi connectivity index (χ1) is 6.66. The SMILES string of the molecule is C[C@@H]1COc2cc(C(=O)O)cnc2N1. The lowest BCUT2D eigenvalue weighted by atomic mass is 10.2. The minimum Gasteiger partial charge on any atom is -0.488 e. The fraction of sp³-hybridized carbons (Fsp3) is 0.333. The topological polar surface area (TPSA) is 71.5 Å². The molecule has 0 spiro atoms. The van der Waals surface area contributed by atoms with Crippen LogP contribution in [0.5, 0.6) is 5.75 Å². The van der Waals surface area contributed by atoms with Crippen LogP contribution >= 0.6 is 0 Å². The van der Waals surface area contributed by atoms with Gasteiger partial charge in [0.05, 0.1) is 11.6 Å². The molecule has 1 aliphatic rings. The van der Waals surface area contributed by atoms with Crippen LogP contribution in [-0.4, -0.2) is 28.7 Å². The minimum absolute atomic E-state index is 0.139. The lowest BCUT2D eigenvalue weighted by molar-refractivity contribution is 0.0696. The first-order valence-corrected chi connectivity index (χ1v) is 4.29. The molecule has 1 aromatic heterocycles. The van der Waals surface area contributed by atoms with Crippen LogP contribution in [0.25, 0.3) is 0 Å². The van der Waals surface area contributed by atoms with Crippen molar-refractivity contribution in [3.8, 4) is 5.75 Å². The van der Waals surface area contributed by atoms with Crippen LogP contribution < -0.4 is 10.1 Å². The summed E-state index contributed by atoms with van der Waals surface area (Å²) in [6, 6.07) is 1.68. The van der Waals surface area contributed by atoms with Gasteiger partial charge in [-0.2, -0.15) is 0 Å². The summed E-state index contributed by atoms with van der Waals surface area (Å²) >= 11 is 0. The van der Waals surface area contributed by atoms with Crippen LogP contribution in [0.3, 0.4) is 0 Å². The molecule has 0 saturated heterocycles. The summed E-state index contributed by atoms with van der Waals surface area (Å²) < 4.78 is 5.34. The van der Waals surface area contributed by atoms with E-state index in [-0.39, 0.29) is 11.6 Å². The van der Waals surface area contributed by atoms with Gasteiger partial charge in [0.15, 0.2) is 11.6 Å². The standard InChI is InChI=1S/C9H10N2O3/c1-5-4-14-7-2-6(9(12)13)3-10-8(7)11-5/h2-3,5H,4H2,1H3,(H,10,11)(H,12,13)/t5-/m1/s1. The van der Waals surface area contributed by atoms with Gasteiger partial charge in [0.1, 0.15) is 6.61 Å². The number of nitrogens with zero attached hydrogens (tertiary/aromatic N) is 1. The Kier molecular flexibility index (Phi) is 1.99. The molecule has 74 valence electrons. The molecule has 5 nitrogen and oxygen atoms in total. The molecule has 1 aliphatic heterocycles. The van der Waals surface area contributed by atoms with E-state index in [0.717, 1.165) is 0 Å². The molecule has 0 bridgehead atoms. The maximum Gasteiger partial charge on any atom is 0.337 e. The molecule has 0 unspecified atom stereocenters. The van der Waals surface area contributed by atoms with Gasteiger partial charge in [-0.1, -0.05) is 0 Å². The molecule has 0 fully saturated rings. The predicted octanol–water partition coefficient (Wildman–Crippen LogP) is 0.973. The number of rotatable bonds is 1. The largest absolute Gasteiger partial charge is 0.488 e. The van der Waals surface area contributed by atoms with E-state index in [1.165, 1.54) is 12.3 Å². The average Bonchev–Trinajstić information content (AvgIpc) is 2.16. The van der Waals surface area contributed by atoms with E-state index in [2.05, 4.69) is 10.3 Å². The number of anilines is 1. The Labute approximate surface area is 80.7 Å². The van der Waals surface area contributed by atoms with Gasteiger partial charge in [-0.15, -0.1) is 0 Å². The Morgan fingerprint density at radius 2 is 2.57 bits per heavy atom. The predicted molar refractivity (Wildman–Crippen MR) is 49.8 cm³/mol. The zero-order valence-corrected chi connectivity index (χ0v) is 7.65. The summed E-state index contributed by atoms with van der Waals surface area (Å²) in [5.74, 6) is 0.110. The third-order valence-corrected chi connectivity index (χ3v) is 1.97. The highest BCUT2D eigenvalue weighted by Crippen LogP contribution is 2.27. The van der Waals surface area contributed by atoms with Crippen molar-refractivity contribution < 1.29 is 14.6 Å². The summed E-state index contributed by atoms with van der Waals surface area (Å²) in [5, 5.41) is 11.8. The van der Waals surface area contributed by atoms with Gasteiger partial charge in [-0.3, -0.25) is 0 Å². The van der Waals surface area contributed by atoms with Gasteiger partial charge < -0.3 is 15.2 Å². The number of carbonyl (C=O) groups is 1. The highest BCUT2D eigenvalue weighted by atomic mass is 16.5. The zero-order valence-electron chi connectivity index (χ0n) is 7.65. The van der Waals surface area contributed by atoms with Gasteiger partial charge in [0.25, 0.3) is 0 Å². The van der Waals surface area contributed by atoms with E-state index in [4.69, 9.17) is 9.84 Å². The molecule has 0 aliphatic carbocycles. The van der Waals surface area contributed by atoms with E-state index in [0.29, 0.717) is 18.2 Å². The Morgan fingerprint density at radius 3 is 3.29 bits per heavy atom. The van der Waals surface area contributed by atoms with Crippen molar-refractivity contribution in [2.45, 2.75) is 13.0 Å². The Balaban J connectivity index is 2.36. The van der Waals surface area contributed by atoms with Crippen LogP contribution in [0.15, 0.2) is 12.3 Å². The normalized spacial score (nSPS) is 19.1. The van der Waals surface area contributed by atoms with Crippen LogP contribution in [0, 0.1) is 0 Å². The van der Waals surface area contributed by atoms with Crippen molar-refractivity contribution >= 4 is 11.8 Å². The second-order valence-corrected chi connectivity index (χ2v) is 3.23. The molecular formula is C9H10N2O3. The molecule has 5 heteroatoms. The minimum atomic E-state index is -0.998. The van der Waals surface area contributed by atoms with Gasteiger partial charge in [0, 0.05) is 12.3 Å². The quantitative estimate of drug-likeness (QED) is 0.697. The molecule has 0 aromatic carbocycles. The number of carboxylic acids is 1. The van der Waals surface area contributed by atoms with E-state index in [1.54, 1.807) is 0 Å². The third-order valence-electron chi connectivity index (χ3n) is 1.97. The lowest BCUT2D eigenvalue weighted by Crippen LogP contribution is -2.29. The Bertz CT molecular complexity index is 378.